The molecule has 3 aromatic heterocycles. The number of aromatic hydroxyl groups is 1. The number of thiazole rings is 1. The maximum absolute atomic E-state index is 12.7. The number of anilines is 1. The number of carbonyl (C=O) groups is 1. The van der Waals surface area contributed by atoms with Crippen molar-refractivity contribution in [1.29, 1.82) is 5.26 Å². The average molecular weight is 1360 g/mol. The molecule has 86 heavy (non-hydrogen) atoms. The fraction of sp³-hybridized carbons (Fsp3) is 0.200. The third-order valence-corrected chi connectivity index (χ3v) is 19.6. The van der Waals surface area contributed by atoms with Crippen molar-refractivity contribution in [2.75, 3.05) is 29.2 Å². The van der Waals surface area contributed by atoms with Gasteiger partial charge >= 0.3 is 0 Å². The fourth-order valence-corrected chi connectivity index (χ4v) is 14.3. The Morgan fingerprint density at radius 3 is 1.97 bits per heavy atom. The van der Waals surface area contributed by atoms with Gasteiger partial charge in [0.2, 0.25) is 16.9 Å². The molecule has 0 aliphatic carbocycles. The summed E-state index contributed by atoms with van der Waals surface area (Å²) in [6.07, 6.45) is -0.413. The molecule has 0 atom stereocenters. The molecule has 41 heteroatoms. The number of rotatable bonds is 21. The molecule has 0 aliphatic heterocycles. The number of halogens is 1. The molecule has 32 nitrogen and oxygen atoms in total. The van der Waals surface area contributed by atoms with Crippen LogP contribution >= 0.6 is 34.7 Å². The summed E-state index contributed by atoms with van der Waals surface area (Å²) >= 11 is 7.83. The highest BCUT2D eigenvalue weighted by atomic mass is 35.5. The number of benzene rings is 5. The second-order valence-electron chi connectivity index (χ2n) is 18.0. The number of carbonyl (C=O) groups excluding carboxylic acids is 1. The van der Waals surface area contributed by atoms with Crippen molar-refractivity contribution in [2.24, 2.45) is 30.7 Å². The van der Waals surface area contributed by atoms with Gasteiger partial charge in [0.1, 0.15) is 54.6 Å². The smallest absolute Gasteiger partial charge is 0.296 e. The van der Waals surface area contributed by atoms with Crippen LogP contribution in [0.15, 0.2) is 110 Å². The standard InChI is InChI=1S/C45H38ClN11O21S8/c1-20-12-31(53-55-39-21(2)26(19-47)43-49-27-6-7-35(84(69,70)71)38(46)41(27)57(43)44(39)59)33(78-8-4-10-81(60,61)62)17-28(20)51-54-32-16-29(48-22(3)58)30(18-34(32)79-9-5-11-82(63,64)65)52-56-45-50-40-37(86(75,76)77)15-24-25(42(40)80-45)13-23(83(66,67)68)14-36(24)85(72,73)74/h6-7,12-18,59H,4-5,8-11H2,1-3H3,(H,48,58)(H,60,61,62)(H,63,64,65)(H,66,67,68)(H,69,70,71)(H,72,73,74)(H,75,76,77). The maximum Gasteiger partial charge on any atom is 0.296 e. The van der Waals surface area contributed by atoms with Gasteiger partial charge in [-0.2, -0.15) is 60.9 Å². The third kappa shape index (κ3) is 14.4. The summed E-state index contributed by atoms with van der Waals surface area (Å²) in [6.45, 7) is 3.64. The van der Waals surface area contributed by atoms with Crippen LogP contribution in [0.5, 0.6) is 11.6 Å². The topological polar surface area (TPSA) is 513 Å². The molecule has 8 aromatic rings. The van der Waals surface area contributed by atoms with Gasteiger partial charge < -0.3 is 15.2 Å². The van der Waals surface area contributed by atoms with Crippen molar-refractivity contribution in [3.63, 3.8) is 0 Å². The van der Waals surface area contributed by atoms with E-state index < -0.39 is 130 Å². The zero-order valence-corrected chi connectivity index (χ0v) is 50.7. The van der Waals surface area contributed by atoms with Gasteiger partial charge in [0, 0.05) is 34.2 Å². The molecule has 8 N–H and O–H groups in total. The summed E-state index contributed by atoms with van der Waals surface area (Å²) in [7, 11) is -29.7. The largest absolute Gasteiger partial charge is 0.493 e. The Morgan fingerprint density at radius 1 is 0.721 bits per heavy atom. The molecular formula is C45H38ClN11O21S8. The third-order valence-electron chi connectivity index (χ3n) is 11.9. The van der Waals surface area contributed by atoms with Gasteiger partial charge in [0.25, 0.3) is 60.7 Å². The normalized spacial score (nSPS) is 13.1. The van der Waals surface area contributed by atoms with Crippen molar-refractivity contribution in [2.45, 2.75) is 58.1 Å². The molecule has 5 aromatic carbocycles. The molecule has 0 spiro atoms. The van der Waals surface area contributed by atoms with Gasteiger partial charge in [-0.1, -0.05) is 22.9 Å². The van der Waals surface area contributed by atoms with E-state index in [0.29, 0.717) is 23.5 Å². The average Bonchev–Trinajstić information content (AvgIpc) is 1.47. The number of hydrogen-bond acceptors (Lipinski definition) is 26. The van der Waals surface area contributed by atoms with Gasteiger partial charge in [0.05, 0.1) is 55.1 Å². The number of imidazole rings is 1. The molecule has 0 fully saturated rings. The number of thioether (sulfide) groups is 1. The van der Waals surface area contributed by atoms with Gasteiger partial charge in [-0.3, -0.25) is 36.5 Å². The quantitative estimate of drug-likeness (QED) is 0.0144. The zero-order valence-electron chi connectivity index (χ0n) is 43.4. The van der Waals surface area contributed by atoms with E-state index in [2.05, 4.69) is 46.0 Å². The fourth-order valence-electron chi connectivity index (χ4n) is 8.14. The van der Waals surface area contributed by atoms with Gasteiger partial charge in [-0.15, -0.1) is 37.3 Å². The first-order valence-corrected chi connectivity index (χ1v) is 34.6. The van der Waals surface area contributed by atoms with Crippen LogP contribution < -0.4 is 10.1 Å². The van der Waals surface area contributed by atoms with Crippen LogP contribution in [0.3, 0.4) is 0 Å². The highest BCUT2D eigenvalue weighted by molar-refractivity contribution is 7.99. The number of aromatic nitrogens is 3. The molecule has 454 valence electrons. The predicted molar refractivity (Wildman–Crippen MR) is 308 cm³/mol. The van der Waals surface area contributed by atoms with E-state index in [0.717, 1.165) is 35.2 Å². The Labute approximate surface area is 498 Å². The van der Waals surface area contributed by atoms with Crippen LogP contribution in [0.2, 0.25) is 5.02 Å². The van der Waals surface area contributed by atoms with Crippen LogP contribution in [-0.4, -0.2) is 127 Å². The highest BCUT2D eigenvalue weighted by Crippen LogP contribution is 2.46. The number of nitrogens with zero attached hydrogens (tertiary/aromatic N) is 10. The summed E-state index contributed by atoms with van der Waals surface area (Å²) < 4.78 is 211. The second kappa shape index (κ2) is 24.1. The van der Waals surface area contributed by atoms with Crippen LogP contribution in [0.4, 0.5) is 39.3 Å². The minimum Gasteiger partial charge on any atom is -0.493 e. The Hall–Kier alpha value is -7.34. The number of fused-ring (bicyclic) bond motifs is 6. The van der Waals surface area contributed by atoms with E-state index >= 15 is 0 Å². The minimum absolute atomic E-state index is 0.00384. The van der Waals surface area contributed by atoms with Gasteiger partial charge in [-0.25, -0.2) is 9.97 Å². The minimum atomic E-state index is -5.36. The summed E-state index contributed by atoms with van der Waals surface area (Å²) in [5, 5.41) is 47.8. The molecule has 0 aliphatic rings. The first-order valence-electron chi connectivity index (χ1n) is 23.4. The summed E-state index contributed by atoms with van der Waals surface area (Å²) in [5.41, 5.74) is -1.74. The number of aryl methyl sites for hydroxylation is 1. The summed E-state index contributed by atoms with van der Waals surface area (Å²) in [4.78, 5) is 17.2. The molecule has 1 amide bonds. The van der Waals surface area contributed by atoms with E-state index in [1.165, 1.54) is 44.2 Å². The molecule has 0 unspecified atom stereocenters. The monoisotopic (exact) mass is 1360 g/mol. The number of ether oxygens (including phenoxy) is 1. The Morgan fingerprint density at radius 2 is 1.35 bits per heavy atom. The highest BCUT2D eigenvalue weighted by Gasteiger charge is 2.29. The number of nitriles is 1. The number of nitrogens with one attached hydrogen (secondary N) is 1. The van der Waals surface area contributed by atoms with Crippen LogP contribution in [-0.2, 0) is 65.5 Å². The molecule has 0 saturated heterocycles. The first kappa shape index (κ1) is 64.7. The van der Waals surface area contributed by atoms with Crippen molar-refractivity contribution in [1.82, 2.24) is 14.4 Å². The van der Waals surface area contributed by atoms with Crippen molar-refractivity contribution in [3.8, 4) is 17.7 Å². The second-order valence-corrected chi connectivity index (χ2v) is 29.2. The SMILES string of the molecule is CC(=O)Nc1cc(N=Nc2cc(OCCCS(=O)(=O)O)c(N=Nc3c(C)c(C#N)c4nc5ccc(S(=O)(=O)O)c(Cl)c5n4c3O)cc2C)c(SCCCS(=O)(=O)O)cc1N=Nc1nc2c(S(=O)(=O)O)cc3c(S(=O)(=O)O)cc(S(=O)(=O)O)cc3c2s1. The van der Waals surface area contributed by atoms with Crippen LogP contribution in [0.1, 0.15) is 36.5 Å². The Bertz CT molecular complexity index is 5090. The summed E-state index contributed by atoms with van der Waals surface area (Å²) in [6, 6.07) is 10.9. The van der Waals surface area contributed by atoms with Crippen LogP contribution in [0, 0.1) is 25.2 Å². The molecular weight excluding hydrogens is 1320 g/mol. The van der Waals surface area contributed by atoms with E-state index in [1.807, 2.05) is 6.07 Å². The number of pyridine rings is 1. The number of amides is 1. The molecule has 3 heterocycles. The molecule has 0 bridgehead atoms. The van der Waals surface area contributed by atoms with Crippen molar-refractivity contribution >= 4 is 178 Å². The van der Waals surface area contributed by atoms with Crippen molar-refractivity contribution in [3.05, 3.63) is 76.3 Å². The van der Waals surface area contributed by atoms with E-state index in [9.17, 15) is 93.0 Å². The van der Waals surface area contributed by atoms with Crippen molar-refractivity contribution < 1.29 is 92.5 Å². The first-order chi connectivity index (χ1) is 39.8. The van der Waals surface area contributed by atoms with Gasteiger partial charge in [-0.05, 0) is 86.5 Å². The van der Waals surface area contributed by atoms with E-state index in [1.54, 1.807) is 0 Å². The van der Waals surface area contributed by atoms with E-state index in [-0.39, 0.29) is 108 Å². The lowest BCUT2D eigenvalue weighted by Gasteiger charge is -2.13. The summed E-state index contributed by atoms with van der Waals surface area (Å²) in [5.74, 6) is -3.06. The lowest BCUT2D eigenvalue weighted by molar-refractivity contribution is -0.114. The lowest BCUT2D eigenvalue weighted by atomic mass is 10.1. The predicted octanol–water partition coefficient (Wildman–Crippen LogP) is 9.32. The number of azo groups is 3. The Kier molecular flexibility index (Phi) is 18.1. The van der Waals surface area contributed by atoms with E-state index in [4.69, 9.17) is 16.3 Å². The molecule has 8 rings (SSSR count). The van der Waals surface area contributed by atoms with Crippen LogP contribution in [0.25, 0.3) is 37.7 Å². The number of hydrogen-bond donors (Lipinski definition) is 8. The zero-order chi connectivity index (χ0) is 63.4. The maximum atomic E-state index is 12.7. The Balaban J connectivity index is 1.25. The lowest BCUT2D eigenvalue weighted by Crippen LogP contribution is -2.08. The van der Waals surface area contributed by atoms with Gasteiger partial charge in [0.15, 0.2) is 11.3 Å². The molecule has 0 radical (unpaired) electrons. The molecule has 0 saturated carbocycles.